The zero-order chi connectivity index (χ0) is 27.3. The highest BCUT2D eigenvalue weighted by atomic mass is 16.7. The van der Waals surface area contributed by atoms with Gasteiger partial charge < -0.3 is 14.3 Å². The van der Waals surface area contributed by atoms with E-state index < -0.39 is 11.7 Å². The van der Waals surface area contributed by atoms with Gasteiger partial charge >= 0.3 is 12.1 Å². The molecule has 0 atom stereocenters. The number of benzene rings is 2. The number of rotatable bonds is 9. The van der Waals surface area contributed by atoms with E-state index in [1.165, 1.54) is 11.6 Å². The van der Waals surface area contributed by atoms with E-state index in [9.17, 15) is 9.59 Å². The van der Waals surface area contributed by atoms with Crippen LogP contribution in [0.2, 0.25) is 0 Å². The van der Waals surface area contributed by atoms with Gasteiger partial charge in [-0.25, -0.2) is 9.86 Å². The first-order valence-corrected chi connectivity index (χ1v) is 12.9. The summed E-state index contributed by atoms with van der Waals surface area (Å²) in [5, 5.41) is 7.07. The fraction of sp³-hybridized carbons (Fsp3) is 0.483. The normalized spacial score (nSPS) is 11.5. The Hall–Kier alpha value is -3.55. The largest absolute Gasteiger partial charge is 0.457 e. The first-order valence-electron chi connectivity index (χ1n) is 12.9. The predicted molar refractivity (Wildman–Crippen MR) is 145 cm³/mol. The number of aromatic nitrogens is 2. The van der Waals surface area contributed by atoms with E-state index in [2.05, 4.69) is 12.0 Å². The second kappa shape index (κ2) is 11.7. The molecular formula is C29H39N3O5. The third-order valence-electron chi connectivity index (χ3n) is 5.79. The number of carbonyl (C=O) groups excluding carboxylic acids is 2. The standard InChI is InChI=1S/C29H39N3O5/c1-9-11-12-13-25-24-18-23(14-15-26(24)32(30-25)28(34)36-29(6,7)8)35-27-19(3)16-22(17-20(27)4)31(10-2)37-21(5)33/h14-18H,9-13H2,1-8H3. The van der Waals surface area contributed by atoms with Crippen molar-refractivity contribution < 1.29 is 23.9 Å². The Labute approximate surface area is 219 Å². The van der Waals surface area contributed by atoms with Crippen molar-refractivity contribution in [1.29, 1.82) is 0 Å². The number of unbranched alkanes of at least 4 members (excludes halogenated alkanes) is 2. The Balaban J connectivity index is 1.97. The van der Waals surface area contributed by atoms with Gasteiger partial charge in [-0.15, -0.1) is 0 Å². The van der Waals surface area contributed by atoms with Gasteiger partial charge in [0.15, 0.2) is 0 Å². The summed E-state index contributed by atoms with van der Waals surface area (Å²) in [5.41, 5.74) is 3.53. The van der Waals surface area contributed by atoms with Crippen LogP contribution in [0.3, 0.4) is 0 Å². The lowest BCUT2D eigenvalue weighted by molar-refractivity contribution is -0.142. The number of hydroxylamine groups is 1. The molecule has 3 aromatic rings. The molecule has 200 valence electrons. The Morgan fingerprint density at radius 2 is 1.70 bits per heavy atom. The van der Waals surface area contributed by atoms with E-state index in [0.29, 0.717) is 17.8 Å². The second-order valence-electron chi connectivity index (χ2n) is 10.3. The van der Waals surface area contributed by atoms with Gasteiger partial charge in [0, 0.05) is 12.3 Å². The van der Waals surface area contributed by atoms with Crippen molar-refractivity contribution in [3.8, 4) is 11.5 Å². The molecule has 0 saturated carbocycles. The molecule has 0 unspecified atom stereocenters. The summed E-state index contributed by atoms with van der Waals surface area (Å²) in [6.45, 7) is 15.4. The number of carbonyl (C=O) groups is 2. The molecule has 1 heterocycles. The average molecular weight is 510 g/mol. The summed E-state index contributed by atoms with van der Waals surface area (Å²) in [5.74, 6) is 1.01. The van der Waals surface area contributed by atoms with Crippen LogP contribution in [-0.4, -0.2) is 34.0 Å². The first kappa shape index (κ1) is 28.0. The van der Waals surface area contributed by atoms with Crippen LogP contribution in [-0.2, 0) is 20.8 Å². The topological polar surface area (TPSA) is 82.9 Å². The van der Waals surface area contributed by atoms with Crippen molar-refractivity contribution in [3.05, 3.63) is 47.2 Å². The maximum atomic E-state index is 12.9. The van der Waals surface area contributed by atoms with E-state index in [1.807, 2.05) is 71.9 Å². The molecule has 8 nitrogen and oxygen atoms in total. The predicted octanol–water partition coefficient (Wildman–Crippen LogP) is 7.27. The van der Waals surface area contributed by atoms with Crippen LogP contribution in [0.1, 0.15) is 77.6 Å². The highest BCUT2D eigenvalue weighted by Gasteiger charge is 2.23. The molecule has 0 fully saturated rings. The maximum absolute atomic E-state index is 12.9. The molecule has 0 aliphatic carbocycles. The zero-order valence-electron chi connectivity index (χ0n) is 23.3. The van der Waals surface area contributed by atoms with Crippen LogP contribution in [0.15, 0.2) is 30.3 Å². The van der Waals surface area contributed by atoms with E-state index in [0.717, 1.165) is 59.3 Å². The van der Waals surface area contributed by atoms with Crippen LogP contribution in [0, 0.1) is 13.8 Å². The summed E-state index contributed by atoms with van der Waals surface area (Å²) in [6, 6.07) is 9.50. The zero-order valence-corrected chi connectivity index (χ0v) is 23.3. The van der Waals surface area contributed by atoms with E-state index in [-0.39, 0.29) is 5.97 Å². The van der Waals surface area contributed by atoms with Crippen molar-refractivity contribution in [2.24, 2.45) is 0 Å². The highest BCUT2D eigenvalue weighted by molar-refractivity contribution is 5.90. The summed E-state index contributed by atoms with van der Waals surface area (Å²) in [4.78, 5) is 29.7. The highest BCUT2D eigenvalue weighted by Crippen LogP contribution is 2.35. The lowest BCUT2D eigenvalue weighted by atomic mass is 10.1. The Morgan fingerprint density at radius 3 is 2.27 bits per heavy atom. The SMILES string of the molecule is CCCCCc1nn(C(=O)OC(C)(C)C)c2ccc(Oc3c(C)cc(N(CC)OC(C)=O)cc3C)cc12. The van der Waals surface area contributed by atoms with Gasteiger partial charge in [0.25, 0.3) is 0 Å². The van der Waals surface area contributed by atoms with Gasteiger partial charge in [-0.05, 0) is 95.8 Å². The van der Waals surface area contributed by atoms with E-state index >= 15 is 0 Å². The van der Waals surface area contributed by atoms with Crippen molar-refractivity contribution in [2.75, 3.05) is 11.6 Å². The van der Waals surface area contributed by atoms with Crippen molar-refractivity contribution in [1.82, 2.24) is 9.78 Å². The summed E-state index contributed by atoms with van der Waals surface area (Å²) >= 11 is 0. The quantitative estimate of drug-likeness (QED) is 0.222. The first-order chi connectivity index (χ1) is 17.4. The monoisotopic (exact) mass is 509 g/mol. The van der Waals surface area contributed by atoms with Crippen LogP contribution >= 0.6 is 0 Å². The number of aryl methyl sites for hydroxylation is 3. The second-order valence-corrected chi connectivity index (χ2v) is 10.3. The molecule has 3 rings (SSSR count). The third-order valence-corrected chi connectivity index (χ3v) is 5.79. The molecule has 0 amide bonds. The molecule has 8 heteroatoms. The molecule has 2 aromatic carbocycles. The molecule has 1 aromatic heterocycles. The lowest BCUT2D eigenvalue weighted by Crippen LogP contribution is -2.27. The van der Waals surface area contributed by atoms with Crippen LogP contribution in [0.25, 0.3) is 10.9 Å². The summed E-state index contributed by atoms with van der Waals surface area (Å²) in [7, 11) is 0. The minimum Gasteiger partial charge on any atom is -0.457 e. The molecule has 0 bridgehead atoms. The van der Waals surface area contributed by atoms with Crippen molar-refractivity contribution >= 4 is 28.7 Å². The number of ether oxygens (including phenoxy) is 2. The smallest absolute Gasteiger partial charge is 0.435 e. The van der Waals surface area contributed by atoms with E-state index in [4.69, 9.17) is 14.3 Å². The molecule has 0 radical (unpaired) electrons. The van der Waals surface area contributed by atoms with Gasteiger partial charge in [-0.1, -0.05) is 19.8 Å². The van der Waals surface area contributed by atoms with Gasteiger partial charge in [-0.3, -0.25) is 4.79 Å². The van der Waals surface area contributed by atoms with Crippen LogP contribution in [0.4, 0.5) is 10.5 Å². The molecule has 37 heavy (non-hydrogen) atoms. The lowest BCUT2D eigenvalue weighted by Gasteiger charge is -2.23. The van der Waals surface area contributed by atoms with Gasteiger partial charge in [0.2, 0.25) is 0 Å². The number of nitrogens with zero attached hydrogens (tertiary/aromatic N) is 3. The maximum Gasteiger partial charge on any atom is 0.435 e. The van der Waals surface area contributed by atoms with Gasteiger partial charge in [0.1, 0.15) is 17.1 Å². The average Bonchev–Trinajstić information content (AvgIpc) is 3.17. The van der Waals surface area contributed by atoms with Crippen LogP contribution in [0.5, 0.6) is 11.5 Å². The number of anilines is 1. The number of hydrogen-bond donors (Lipinski definition) is 0. The summed E-state index contributed by atoms with van der Waals surface area (Å²) < 4.78 is 13.3. The van der Waals surface area contributed by atoms with Gasteiger partial charge in [0.05, 0.1) is 23.4 Å². The van der Waals surface area contributed by atoms with Crippen molar-refractivity contribution in [2.45, 2.75) is 86.7 Å². The molecular weight excluding hydrogens is 470 g/mol. The molecule has 0 aliphatic rings. The fourth-order valence-electron chi connectivity index (χ4n) is 4.20. The molecule has 0 N–H and O–H groups in total. The Bertz CT molecular complexity index is 1250. The van der Waals surface area contributed by atoms with E-state index in [1.54, 1.807) is 5.06 Å². The number of hydrogen-bond acceptors (Lipinski definition) is 7. The molecule has 0 aliphatic heterocycles. The number of fused-ring (bicyclic) bond motifs is 1. The molecule has 0 spiro atoms. The van der Waals surface area contributed by atoms with Gasteiger partial charge in [-0.2, -0.15) is 9.78 Å². The Morgan fingerprint density at radius 1 is 1.03 bits per heavy atom. The minimum atomic E-state index is -0.620. The fourth-order valence-corrected chi connectivity index (χ4v) is 4.20. The molecule has 0 saturated heterocycles. The van der Waals surface area contributed by atoms with Crippen molar-refractivity contribution in [3.63, 3.8) is 0 Å². The Kier molecular flexibility index (Phi) is 8.84. The minimum absolute atomic E-state index is 0.368. The van der Waals surface area contributed by atoms with Crippen LogP contribution < -0.4 is 9.80 Å². The summed E-state index contributed by atoms with van der Waals surface area (Å²) in [6.07, 6.45) is 3.44. The third kappa shape index (κ3) is 7.02.